The third-order valence-electron chi connectivity index (χ3n) is 4.82. The van der Waals surface area contributed by atoms with E-state index in [2.05, 4.69) is 19.9 Å². The third-order valence-corrected chi connectivity index (χ3v) is 4.82. The van der Waals surface area contributed by atoms with Gasteiger partial charge in [0.2, 0.25) is 0 Å². The second-order valence-electron chi connectivity index (χ2n) is 6.31. The second-order valence-corrected chi connectivity index (χ2v) is 6.31. The first kappa shape index (κ1) is 15.2. The normalized spacial score (nSPS) is 26.6. The molecule has 2 N–H and O–H groups in total. The molecule has 3 heteroatoms. The van der Waals surface area contributed by atoms with E-state index in [0.29, 0.717) is 0 Å². The van der Waals surface area contributed by atoms with Crippen molar-refractivity contribution in [1.82, 2.24) is 0 Å². The number of rotatable bonds is 4. The lowest BCUT2D eigenvalue weighted by molar-refractivity contribution is 0.195. The zero-order valence-electron chi connectivity index (χ0n) is 13.1. The summed E-state index contributed by atoms with van der Waals surface area (Å²) in [4.78, 5) is 0. The maximum absolute atomic E-state index is 6.66. The van der Waals surface area contributed by atoms with Crippen LogP contribution in [0.4, 0.5) is 0 Å². The first-order valence-electron chi connectivity index (χ1n) is 7.51. The lowest BCUT2D eigenvalue weighted by Crippen LogP contribution is -2.41. The van der Waals surface area contributed by atoms with Gasteiger partial charge in [0.1, 0.15) is 0 Å². The van der Waals surface area contributed by atoms with E-state index in [1.165, 1.54) is 12.8 Å². The Hall–Kier alpha value is -1.22. The van der Waals surface area contributed by atoms with Gasteiger partial charge in [-0.15, -0.1) is 0 Å². The summed E-state index contributed by atoms with van der Waals surface area (Å²) in [6.45, 7) is 4.62. The molecule has 112 valence electrons. The highest BCUT2D eigenvalue weighted by atomic mass is 16.5. The molecule has 1 aliphatic carbocycles. The molecule has 1 aliphatic rings. The lowest BCUT2D eigenvalue weighted by Gasteiger charge is -2.39. The van der Waals surface area contributed by atoms with Gasteiger partial charge < -0.3 is 15.2 Å². The Bertz CT molecular complexity index is 448. The summed E-state index contributed by atoms with van der Waals surface area (Å²) in [6, 6.07) is 6.07. The van der Waals surface area contributed by atoms with Crippen molar-refractivity contribution in [3.8, 4) is 11.5 Å². The van der Waals surface area contributed by atoms with Gasteiger partial charge in [-0.05, 0) is 55.2 Å². The van der Waals surface area contributed by atoms with E-state index < -0.39 is 0 Å². The maximum Gasteiger partial charge on any atom is 0.161 e. The molecular weight excluding hydrogens is 250 g/mol. The van der Waals surface area contributed by atoms with Crippen LogP contribution in [0, 0.1) is 11.8 Å². The number of hydrogen-bond donors (Lipinski definition) is 1. The zero-order valence-corrected chi connectivity index (χ0v) is 13.1. The van der Waals surface area contributed by atoms with Crippen LogP contribution in [0.2, 0.25) is 0 Å². The molecule has 0 aliphatic heterocycles. The van der Waals surface area contributed by atoms with E-state index in [4.69, 9.17) is 15.2 Å². The summed E-state index contributed by atoms with van der Waals surface area (Å²) >= 11 is 0. The van der Waals surface area contributed by atoms with Gasteiger partial charge in [0, 0.05) is 5.54 Å². The van der Waals surface area contributed by atoms with Gasteiger partial charge in [-0.1, -0.05) is 19.9 Å². The molecule has 20 heavy (non-hydrogen) atoms. The SMILES string of the molecule is COc1ccc(C2(N)CCC(C(C)C)CC2)cc1OC. The highest BCUT2D eigenvalue weighted by molar-refractivity contribution is 5.45. The number of benzene rings is 1. The van der Waals surface area contributed by atoms with Crippen LogP contribution in [0.5, 0.6) is 11.5 Å². The topological polar surface area (TPSA) is 44.5 Å². The van der Waals surface area contributed by atoms with Gasteiger partial charge in [0.05, 0.1) is 14.2 Å². The van der Waals surface area contributed by atoms with Crippen LogP contribution in [0.3, 0.4) is 0 Å². The predicted octanol–water partition coefficient (Wildman–Crippen LogP) is 3.70. The molecule has 0 radical (unpaired) electrons. The molecule has 0 unspecified atom stereocenters. The molecule has 1 aromatic carbocycles. The smallest absolute Gasteiger partial charge is 0.161 e. The number of ether oxygens (including phenoxy) is 2. The third kappa shape index (κ3) is 2.93. The summed E-state index contributed by atoms with van der Waals surface area (Å²) in [6.07, 6.45) is 4.52. The highest BCUT2D eigenvalue weighted by Crippen LogP contribution is 2.42. The molecule has 1 fully saturated rings. The molecule has 3 nitrogen and oxygen atoms in total. The van der Waals surface area contributed by atoms with Crippen LogP contribution < -0.4 is 15.2 Å². The van der Waals surface area contributed by atoms with Crippen molar-refractivity contribution < 1.29 is 9.47 Å². The van der Waals surface area contributed by atoms with Crippen LogP contribution in [-0.2, 0) is 5.54 Å². The van der Waals surface area contributed by atoms with Crippen molar-refractivity contribution in [2.75, 3.05) is 14.2 Å². The molecule has 0 spiro atoms. The molecule has 0 heterocycles. The first-order valence-corrected chi connectivity index (χ1v) is 7.51. The van der Waals surface area contributed by atoms with Gasteiger partial charge in [-0.3, -0.25) is 0 Å². The number of nitrogens with two attached hydrogens (primary N) is 1. The van der Waals surface area contributed by atoms with Crippen molar-refractivity contribution in [3.63, 3.8) is 0 Å². The Morgan fingerprint density at radius 3 is 2.20 bits per heavy atom. The minimum Gasteiger partial charge on any atom is -0.493 e. The summed E-state index contributed by atoms with van der Waals surface area (Å²) in [5.41, 5.74) is 7.61. The Morgan fingerprint density at radius 1 is 1.10 bits per heavy atom. The Morgan fingerprint density at radius 2 is 1.70 bits per heavy atom. The Labute approximate surface area is 122 Å². The van der Waals surface area contributed by atoms with Crippen LogP contribution in [0.15, 0.2) is 18.2 Å². The minimum absolute atomic E-state index is 0.217. The van der Waals surface area contributed by atoms with Crippen molar-refractivity contribution in [3.05, 3.63) is 23.8 Å². The van der Waals surface area contributed by atoms with Gasteiger partial charge in [-0.25, -0.2) is 0 Å². The van der Waals surface area contributed by atoms with E-state index in [9.17, 15) is 0 Å². The lowest BCUT2D eigenvalue weighted by atomic mass is 9.70. The van der Waals surface area contributed by atoms with Crippen molar-refractivity contribution in [2.45, 2.75) is 45.1 Å². The standard InChI is InChI=1S/C17H27NO2/c1-12(2)13-7-9-17(18,10-8-13)14-5-6-15(19-3)16(11-14)20-4/h5-6,11-13H,7-10,18H2,1-4H3. The highest BCUT2D eigenvalue weighted by Gasteiger charge is 2.34. The van der Waals surface area contributed by atoms with Crippen molar-refractivity contribution in [2.24, 2.45) is 17.6 Å². The van der Waals surface area contributed by atoms with E-state index in [-0.39, 0.29) is 5.54 Å². The van der Waals surface area contributed by atoms with E-state index in [0.717, 1.165) is 41.7 Å². The molecular formula is C17H27NO2. The predicted molar refractivity (Wildman–Crippen MR) is 82.2 cm³/mol. The van der Waals surface area contributed by atoms with E-state index in [1.54, 1.807) is 14.2 Å². The van der Waals surface area contributed by atoms with Gasteiger partial charge in [0.15, 0.2) is 11.5 Å². The molecule has 2 rings (SSSR count). The molecule has 0 aromatic heterocycles. The van der Waals surface area contributed by atoms with Gasteiger partial charge in [0.25, 0.3) is 0 Å². The zero-order chi connectivity index (χ0) is 14.8. The molecule has 0 atom stereocenters. The van der Waals surface area contributed by atoms with E-state index in [1.807, 2.05) is 12.1 Å². The summed E-state index contributed by atoms with van der Waals surface area (Å²) < 4.78 is 10.7. The summed E-state index contributed by atoms with van der Waals surface area (Å²) in [7, 11) is 3.32. The molecule has 0 saturated heterocycles. The van der Waals surface area contributed by atoms with Crippen LogP contribution in [0.25, 0.3) is 0 Å². The minimum atomic E-state index is -0.217. The quantitative estimate of drug-likeness (QED) is 0.912. The first-order chi connectivity index (χ1) is 9.50. The average Bonchev–Trinajstić information content (AvgIpc) is 2.46. The van der Waals surface area contributed by atoms with Crippen LogP contribution >= 0.6 is 0 Å². The molecule has 0 amide bonds. The molecule has 1 aromatic rings. The molecule has 1 saturated carbocycles. The maximum atomic E-state index is 6.66. The fraction of sp³-hybridized carbons (Fsp3) is 0.647. The number of hydrogen-bond acceptors (Lipinski definition) is 3. The van der Waals surface area contributed by atoms with Gasteiger partial charge in [-0.2, -0.15) is 0 Å². The largest absolute Gasteiger partial charge is 0.493 e. The fourth-order valence-electron chi connectivity index (χ4n) is 3.26. The van der Waals surface area contributed by atoms with Crippen LogP contribution in [0.1, 0.15) is 45.1 Å². The Kier molecular flexibility index (Phi) is 4.59. The average molecular weight is 277 g/mol. The van der Waals surface area contributed by atoms with Crippen molar-refractivity contribution in [1.29, 1.82) is 0 Å². The van der Waals surface area contributed by atoms with Crippen LogP contribution in [-0.4, -0.2) is 14.2 Å². The molecule has 0 bridgehead atoms. The summed E-state index contributed by atoms with van der Waals surface area (Å²) in [5.74, 6) is 3.09. The Balaban J connectivity index is 2.19. The summed E-state index contributed by atoms with van der Waals surface area (Å²) in [5, 5.41) is 0. The number of methoxy groups -OCH3 is 2. The van der Waals surface area contributed by atoms with Gasteiger partial charge >= 0.3 is 0 Å². The van der Waals surface area contributed by atoms with E-state index >= 15 is 0 Å². The fourth-order valence-corrected chi connectivity index (χ4v) is 3.26. The van der Waals surface area contributed by atoms with Crippen molar-refractivity contribution >= 4 is 0 Å². The monoisotopic (exact) mass is 277 g/mol. The second kappa shape index (κ2) is 6.04.